The molecule has 24 heavy (non-hydrogen) atoms. The molecule has 0 fully saturated rings. The molecule has 0 aliphatic heterocycles. The Bertz CT molecular complexity index is 1020. The molecule has 0 saturated carbocycles. The number of aryl methyl sites for hydroxylation is 1. The number of aromatic nitrogens is 3. The molecule has 2 heterocycles. The van der Waals surface area contributed by atoms with Crippen LogP contribution in [0.15, 0.2) is 45.3 Å². The Labute approximate surface area is 147 Å². The second kappa shape index (κ2) is 5.92. The van der Waals surface area contributed by atoms with Crippen LogP contribution in [0.4, 0.5) is 0 Å². The summed E-state index contributed by atoms with van der Waals surface area (Å²) in [5, 5.41) is 5.17. The Kier molecular flexibility index (Phi) is 3.75. The quantitative estimate of drug-likeness (QED) is 0.510. The van der Waals surface area contributed by atoms with E-state index in [4.69, 9.17) is 32.1 Å². The molecule has 0 atom stereocenters. The minimum Gasteiger partial charge on any atom is -0.441 e. The van der Waals surface area contributed by atoms with Crippen LogP contribution in [0.3, 0.4) is 0 Å². The normalized spacial score (nSPS) is 11.3. The standard InChI is InChI=1S/C17H11Cl2N3O2/c1-9-20-14-7-10(5-6-15(14)23-9)17-21-16(24-22-17)8-11-12(18)3-2-4-13(11)19/h2-7H,8H2,1H3. The predicted molar refractivity (Wildman–Crippen MR) is 91.3 cm³/mol. The van der Waals surface area contributed by atoms with Gasteiger partial charge in [0.25, 0.3) is 0 Å². The summed E-state index contributed by atoms with van der Waals surface area (Å²) in [6.07, 6.45) is 0.372. The van der Waals surface area contributed by atoms with Gasteiger partial charge in [-0.05, 0) is 35.9 Å². The highest BCUT2D eigenvalue weighted by Gasteiger charge is 2.14. The largest absolute Gasteiger partial charge is 0.441 e. The van der Waals surface area contributed by atoms with Gasteiger partial charge in [0.05, 0.1) is 6.42 Å². The van der Waals surface area contributed by atoms with E-state index in [1.807, 2.05) is 18.2 Å². The van der Waals surface area contributed by atoms with Crippen molar-refractivity contribution in [2.24, 2.45) is 0 Å². The maximum atomic E-state index is 6.18. The molecular weight excluding hydrogens is 349 g/mol. The topological polar surface area (TPSA) is 65.0 Å². The smallest absolute Gasteiger partial charge is 0.231 e. The van der Waals surface area contributed by atoms with Crippen molar-refractivity contribution in [1.29, 1.82) is 0 Å². The Hall–Kier alpha value is -2.37. The molecule has 4 rings (SSSR count). The van der Waals surface area contributed by atoms with Gasteiger partial charge in [-0.3, -0.25) is 0 Å². The maximum absolute atomic E-state index is 6.18. The van der Waals surface area contributed by atoms with Crippen molar-refractivity contribution in [3.63, 3.8) is 0 Å². The Morgan fingerprint density at radius 1 is 1.04 bits per heavy atom. The van der Waals surface area contributed by atoms with E-state index in [1.165, 1.54) is 0 Å². The van der Waals surface area contributed by atoms with E-state index < -0.39 is 0 Å². The van der Waals surface area contributed by atoms with Crippen LogP contribution in [0.5, 0.6) is 0 Å². The first-order valence-corrected chi connectivity index (χ1v) is 7.99. The van der Waals surface area contributed by atoms with Crippen LogP contribution in [0, 0.1) is 6.92 Å². The predicted octanol–water partition coefficient (Wildman–Crippen LogP) is 5.08. The van der Waals surface area contributed by atoms with Gasteiger partial charge in [-0.2, -0.15) is 4.98 Å². The highest BCUT2D eigenvalue weighted by Crippen LogP contribution is 2.28. The van der Waals surface area contributed by atoms with Crippen molar-refractivity contribution in [1.82, 2.24) is 15.1 Å². The third-order valence-corrected chi connectivity index (χ3v) is 4.32. The molecule has 2 aromatic carbocycles. The Morgan fingerprint density at radius 2 is 1.83 bits per heavy atom. The van der Waals surface area contributed by atoms with Crippen molar-refractivity contribution in [3.05, 3.63) is 63.8 Å². The minimum absolute atomic E-state index is 0.372. The molecule has 0 saturated heterocycles. The first-order valence-electron chi connectivity index (χ1n) is 7.23. The molecule has 0 aliphatic carbocycles. The Morgan fingerprint density at radius 3 is 2.62 bits per heavy atom. The monoisotopic (exact) mass is 359 g/mol. The number of benzene rings is 2. The minimum atomic E-state index is 0.372. The SMILES string of the molecule is Cc1nc2cc(-c3noc(Cc4c(Cl)cccc4Cl)n3)ccc2o1. The lowest BCUT2D eigenvalue weighted by Gasteiger charge is -2.02. The van der Waals surface area contributed by atoms with Crippen LogP contribution < -0.4 is 0 Å². The number of fused-ring (bicyclic) bond motifs is 1. The zero-order valence-electron chi connectivity index (χ0n) is 12.6. The van der Waals surface area contributed by atoms with Gasteiger partial charge in [0, 0.05) is 22.5 Å². The highest BCUT2D eigenvalue weighted by atomic mass is 35.5. The molecule has 0 aliphatic rings. The number of rotatable bonds is 3. The fourth-order valence-electron chi connectivity index (χ4n) is 2.48. The van der Waals surface area contributed by atoms with Gasteiger partial charge >= 0.3 is 0 Å². The van der Waals surface area contributed by atoms with Crippen molar-refractivity contribution in [2.75, 3.05) is 0 Å². The zero-order valence-corrected chi connectivity index (χ0v) is 14.1. The average Bonchev–Trinajstić information content (AvgIpc) is 3.15. The van der Waals surface area contributed by atoms with Gasteiger partial charge in [0.1, 0.15) is 5.52 Å². The van der Waals surface area contributed by atoms with E-state index in [1.54, 1.807) is 25.1 Å². The van der Waals surface area contributed by atoms with E-state index in [2.05, 4.69) is 15.1 Å². The van der Waals surface area contributed by atoms with Gasteiger partial charge in [-0.1, -0.05) is 34.4 Å². The summed E-state index contributed by atoms with van der Waals surface area (Å²) < 4.78 is 10.8. The molecular formula is C17H11Cl2N3O2. The van der Waals surface area contributed by atoms with Crippen molar-refractivity contribution < 1.29 is 8.94 Å². The molecule has 5 nitrogen and oxygen atoms in total. The first-order chi connectivity index (χ1) is 11.6. The van der Waals surface area contributed by atoms with Crippen LogP contribution in [-0.4, -0.2) is 15.1 Å². The van der Waals surface area contributed by atoms with E-state index in [0.29, 0.717) is 34.1 Å². The highest BCUT2D eigenvalue weighted by molar-refractivity contribution is 6.36. The lowest BCUT2D eigenvalue weighted by atomic mass is 10.1. The number of oxazole rings is 1. The van der Waals surface area contributed by atoms with E-state index in [-0.39, 0.29) is 0 Å². The average molecular weight is 360 g/mol. The maximum Gasteiger partial charge on any atom is 0.231 e. The molecule has 7 heteroatoms. The molecule has 0 N–H and O–H groups in total. The summed E-state index contributed by atoms with van der Waals surface area (Å²) in [4.78, 5) is 8.73. The molecule has 0 bridgehead atoms. The fourth-order valence-corrected chi connectivity index (χ4v) is 3.01. The second-order valence-electron chi connectivity index (χ2n) is 5.30. The van der Waals surface area contributed by atoms with Crippen LogP contribution >= 0.6 is 23.2 Å². The van der Waals surface area contributed by atoms with Gasteiger partial charge in [0.15, 0.2) is 11.5 Å². The van der Waals surface area contributed by atoms with E-state index in [0.717, 1.165) is 22.2 Å². The van der Waals surface area contributed by atoms with Crippen molar-refractivity contribution in [3.8, 4) is 11.4 Å². The third-order valence-electron chi connectivity index (χ3n) is 3.61. The van der Waals surface area contributed by atoms with Crippen LogP contribution in [0.1, 0.15) is 17.3 Å². The number of hydrogen-bond donors (Lipinski definition) is 0. The van der Waals surface area contributed by atoms with Crippen molar-refractivity contribution >= 4 is 34.3 Å². The zero-order chi connectivity index (χ0) is 16.7. The third kappa shape index (κ3) is 2.77. The van der Waals surface area contributed by atoms with Crippen LogP contribution in [-0.2, 0) is 6.42 Å². The molecule has 0 spiro atoms. The molecule has 0 unspecified atom stereocenters. The summed E-state index contributed by atoms with van der Waals surface area (Å²) in [6, 6.07) is 10.9. The van der Waals surface area contributed by atoms with Gasteiger partial charge in [0.2, 0.25) is 11.7 Å². The summed E-state index contributed by atoms with van der Waals surface area (Å²) in [6.45, 7) is 1.81. The van der Waals surface area contributed by atoms with E-state index in [9.17, 15) is 0 Å². The number of halogens is 2. The van der Waals surface area contributed by atoms with Gasteiger partial charge in [-0.25, -0.2) is 4.98 Å². The molecule has 2 aromatic heterocycles. The molecule has 0 amide bonds. The summed E-state index contributed by atoms with van der Waals surface area (Å²) in [5.74, 6) is 1.54. The molecule has 120 valence electrons. The summed E-state index contributed by atoms with van der Waals surface area (Å²) in [7, 11) is 0. The molecule has 0 radical (unpaired) electrons. The van der Waals surface area contributed by atoms with Crippen LogP contribution in [0.2, 0.25) is 10.0 Å². The fraction of sp³-hybridized carbons (Fsp3) is 0.118. The lowest BCUT2D eigenvalue weighted by molar-refractivity contribution is 0.386. The first kappa shape index (κ1) is 15.2. The van der Waals surface area contributed by atoms with E-state index >= 15 is 0 Å². The molecule has 4 aromatic rings. The van der Waals surface area contributed by atoms with Gasteiger partial charge < -0.3 is 8.94 Å². The van der Waals surface area contributed by atoms with Gasteiger partial charge in [-0.15, -0.1) is 0 Å². The second-order valence-corrected chi connectivity index (χ2v) is 6.12. The number of hydrogen-bond acceptors (Lipinski definition) is 5. The Balaban J connectivity index is 1.66. The van der Waals surface area contributed by atoms with Crippen LogP contribution in [0.25, 0.3) is 22.5 Å². The lowest BCUT2D eigenvalue weighted by Crippen LogP contribution is -1.91. The number of nitrogens with zero attached hydrogens (tertiary/aromatic N) is 3. The van der Waals surface area contributed by atoms with Crippen molar-refractivity contribution in [2.45, 2.75) is 13.3 Å². The summed E-state index contributed by atoms with van der Waals surface area (Å²) >= 11 is 12.4. The summed E-state index contributed by atoms with van der Waals surface area (Å²) in [5.41, 5.74) is 3.04.